The molecule has 0 heterocycles. The molecule has 0 saturated carbocycles. The number of ketones is 1. The summed E-state index contributed by atoms with van der Waals surface area (Å²) >= 11 is 0. The van der Waals surface area contributed by atoms with Gasteiger partial charge in [-0.1, -0.05) is 0 Å². The fourth-order valence-electron chi connectivity index (χ4n) is 1.29. The number of carbonyl (C=O) groups is 1. The van der Waals surface area contributed by atoms with Crippen LogP contribution in [0.4, 0.5) is 23.2 Å². The van der Waals surface area contributed by atoms with Gasteiger partial charge in [0.15, 0.2) is 11.6 Å². The smallest absolute Gasteiger partial charge is 0.300 e. The van der Waals surface area contributed by atoms with Crippen LogP contribution < -0.4 is 4.90 Å². The van der Waals surface area contributed by atoms with Gasteiger partial charge >= 0.3 is 6.43 Å². The number of Topliss-reactive ketones (excluding diaryl/α,β-unsaturated/α-hetero) is 1. The summed E-state index contributed by atoms with van der Waals surface area (Å²) in [7, 11) is 2.67. The molecule has 0 radical (unpaired) electrons. The molecule has 0 amide bonds. The number of rotatable bonds is 3. The first-order valence-corrected chi connectivity index (χ1v) is 4.34. The third-order valence-electron chi connectivity index (χ3n) is 1.98. The quantitative estimate of drug-likeness (QED) is 0.592. The van der Waals surface area contributed by atoms with Crippen molar-refractivity contribution in [1.29, 1.82) is 0 Å². The van der Waals surface area contributed by atoms with Crippen LogP contribution in [0.25, 0.3) is 0 Å². The molecule has 0 aromatic heterocycles. The second-order valence-electron chi connectivity index (χ2n) is 3.32. The lowest BCUT2D eigenvalue weighted by molar-refractivity contribution is 0.0679. The molecular formula is C10H9F4NO. The SMILES string of the molecule is CN(C)c1c(C(=O)C(F)F)ccc(F)c1F. The molecule has 0 atom stereocenters. The lowest BCUT2D eigenvalue weighted by Crippen LogP contribution is -2.20. The molecule has 0 bridgehead atoms. The van der Waals surface area contributed by atoms with Gasteiger partial charge < -0.3 is 4.90 Å². The standard InChI is InChI=1S/C10H9F4NO/c1-15(2)8-5(9(16)10(13)14)3-4-6(11)7(8)12/h3-4,10H,1-2H3. The summed E-state index contributed by atoms with van der Waals surface area (Å²) in [5, 5.41) is 0. The van der Waals surface area contributed by atoms with Crippen LogP contribution in [0.1, 0.15) is 10.4 Å². The van der Waals surface area contributed by atoms with Crippen molar-refractivity contribution in [2.45, 2.75) is 6.43 Å². The molecule has 1 rings (SSSR count). The third kappa shape index (κ3) is 2.15. The molecule has 6 heteroatoms. The average molecular weight is 235 g/mol. The van der Waals surface area contributed by atoms with E-state index < -0.39 is 35.1 Å². The largest absolute Gasteiger partial charge is 0.375 e. The van der Waals surface area contributed by atoms with Crippen LogP contribution >= 0.6 is 0 Å². The Balaban J connectivity index is 3.40. The molecule has 1 aromatic carbocycles. The van der Waals surface area contributed by atoms with Crippen molar-refractivity contribution in [1.82, 2.24) is 0 Å². The molecule has 0 saturated heterocycles. The summed E-state index contributed by atoms with van der Waals surface area (Å²) in [5.74, 6) is -4.02. The van der Waals surface area contributed by atoms with E-state index >= 15 is 0 Å². The highest BCUT2D eigenvalue weighted by molar-refractivity contribution is 6.03. The highest BCUT2D eigenvalue weighted by atomic mass is 19.3. The van der Waals surface area contributed by atoms with E-state index in [2.05, 4.69) is 0 Å². The van der Waals surface area contributed by atoms with Crippen LogP contribution in [0.3, 0.4) is 0 Å². The maximum atomic E-state index is 13.3. The summed E-state index contributed by atoms with van der Waals surface area (Å²) in [6.07, 6.45) is -3.25. The number of anilines is 1. The van der Waals surface area contributed by atoms with Gasteiger partial charge in [0.2, 0.25) is 5.78 Å². The van der Waals surface area contributed by atoms with Crippen molar-refractivity contribution >= 4 is 11.5 Å². The monoisotopic (exact) mass is 235 g/mol. The minimum atomic E-state index is -3.25. The Morgan fingerprint density at radius 3 is 2.25 bits per heavy atom. The predicted molar refractivity (Wildman–Crippen MR) is 51.0 cm³/mol. The number of benzene rings is 1. The molecule has 0 aliphatic carbocycles. The second kappa shape index (κ2) is 4.51. The Hall–Kier alpha value is -1.59. The van der Waals surface area contributed by atoms with Crippen LogP contribution in [0.15, 0.2) is 12.1 Å². The summed E-state index contributed by atoms with van der Waals surface area (Å²) < 4.78 is 50.6. The van der Waals surface area contributed by atoms with Crippen molar-refractivity contribution < 1.29 is 22.4 Å². The Bertz CT molecular complexity index is 418. The Labute approximate surface area is 89.5 Å². The van der Waals surface area contributed by atoms with E-state index in [-0.39, 0.29) is 0 Å². The fraction of sp³-hybridized carbons (Fsp3) is 0.300. The summed E-state index contributed by atoms with van der Waals surface area (Å²) in [6, 6.07) is 1.50. The first-order chi connectivity index (χ1) is 7.36. The highest BCUT2D eigenvalue weighted by Crippen LogP contribution is 2.26. The number of hydrogen-bond acceptors (Lipinski definition) is 2. The summed E-state index contributed by atoms with van der Waals surface area (Å²) in [5.41, 5.74) is -0.996. The van der Waals surface area contributed by atoms with Gasteiger partial charge in [0.25, 0.3) is 0 Å². The van der Waals surface area contributed by atoms with Crippen LogP contribution in [0.2, 0.25) is 0 Å². The van der Waals surface area contributed by atoms with Crippen LogP contribution in [0, 0.1) is 11.6 Å². The average Bonchev–Trinajstić information content (AvgIpc) is 2.20. The molecule has 1 aromatic rings. The van der Waals surface area contributed by atoms with E-state index in [0.717, 1.165) is 11.0 Å². The maximum Gasteiger partial charge on any atom is 0.300 e. The topological polar surface area (TPSA) is 20.3 Å². The van der Waals surface area contributed by atoms with Crippen LogP contribution in [-0.2, 0) is 0 Å². The Morgan fingerprint density at radius 2 is 1.81 bits per heavy atom. The molecule has 0 unspecified atom stereocenters. The van der Waals surface area contributed by atoms with Crippen molar-refractivity contribution in [3.05, 3.63) is 29.3 Å². The van der Waals surface area contributed by atoms with Gasteiger partial charge in [-0.05, 0) is 12.1 Å². The zero-order chi connectivity index (χ0) is 12.5. The predicted octanol–water partition coefficient (Wildman–Crippen LogP) is 2.48. The number of hydrogen-bond donors (Lipinski definition) is 0. The van der Waals surface area contributed by atoms with E-state index in [1.807, 2.05) is 0 Å². The van der Waals surface area contributed by atoms with Gasteiger partial charge in [-0.25, -0.2) is 17.6 Å². The van der Waals surface area contributed by atoms with E-state index in [1.165, 1.54) is 14.1 Å². The molecule has 16 heavy (non-hydrogen) atoms. The zero-order valence-corrected chi connectivity index (χ0v) is 8.60. The van der Waals surface area contributed by atoms with E-state index in [4.69, 9.17) is 0 Å². The van der Waals surface area contributed by atoms with E-state index in [1.54, 1.807) is 0 Å². The Morgan fingerprint density at radius 1 is 1.25 bits per heavy atom. The van der Waals surface area contributed by atoms with Gasteiger partial charge in [0, 0.05) is 14.1 Å². The molecular weight excluding hydrogens is 226 g/mol. The Kier molecular flexibility index (Phi) is 3.51. The molecule has 0 N–H and O–H groups in total. The molecule has 0 fully saturated rings. The minimum Gasteiger partial charge on any atom is -0.375 e. The zero-order valence-electron chi connectivity index (χ0n) is 8.60. The lowest BCUT2D eigenvalue weighted by Gasteiger charge is -2.17. The maximum absolute atomic E-state index is 13.3. The fourth-order valence-corrected chi connectivity index (χ4v) is 1.29. The van der Waals surface area contributed by atoms with Gasteiger partial charge in [-0.15, -0.1) is 0 Å². The number of nitrogens with zero attached hydrogens (tertiary/aromatic N) is 1. The summed E-state index contributed by atoms with van der Waals surface area (Å²) in [4.78, 5) is 12.1. The van der Waals surface area contributed by atoms with Gasteiger partial charge in [-0.3, -0.25) is 4.79 Å². The van der Waals surface area contributed by atoms with Crippen molar-refractivity contribution in [2.24, 2.45) is 0 Å². The van der Waals surface area contributed by atoms with E-state index in [0.29, 0.717) is 6.07 Å². The number of carbonyl (C=O) groups excluding carboxylic acids is 1. The van der Waals surface area contributed by atoms with Gasteiger partial charge in [-0.2, -0.15) is 0 Å². The normalized spacial score (nSPS) is 10.7. The lowest BCUT2D eigenvalue weighted by atomic mass is 10.1. The van der Waals surface area contributed by atoms with Gasteiger partial charge in [0.05, 0.1) is 11.3 Å². The first kappa shape index (κ1) is 12.5. The molecule has 0 aliphatic heterocycles. The minimum absolute atomic E-state index is 0.467. The molecule has 2 nitrogen and oxygen atoms in total. The van der Waals surface area contributed by atoms with Gasteiger partial charge in [0.1, 0.15) is 0 Å². The summed E-state index contributed by atoms with van der Waals surface area (Å²) in [6.45, 7) is 0. The van der Waals surface area contributed by atoms with Crippen LogP contribution in [-0.4, -0.2) is 26.3 Å². The highest BCUT2D eigenvalue weighted by Gasteiger charge is 2.25. The number of alkyl halides is 2. The van der Waals surface area contributed by atoms with Crippen molar-refractivity contribution in [2.75, 3.05) is 19.0 Å². The van der Waals surface area contributed by atoms with Crippen molar-refractivity contribution in [3.8, 4) is 0 Å². The first-order valence-electron chi connectivity index (χ1n) is 4.34. The molecule has 0 spiro atoms. The van der Waals surface area contributed by atoms with Crippen LogP contribution in [0.5, 0.6) is 0 Å². The number of halogens is 4. The third-order valence-corrected chi connectivity index (χ3v) is 1.98. The molecule has 88 valence electrons. The molecule has 0 aliphatic rings. The van der Waals surface area contributed by atoms with Crippen molar-refractivity contribution in [3.63, 3.8) is 0 Å². The second-order valence-corrected chi connectivity index (χ2v) is 3.32. The van der Waals surface area contributed by atoms with E-state index in [9.17, 15) is 22.4 Å².